The zero-order valence-electron chi connectivity index (χ0n) is 14.5. The Morgan fingerprint density at radius 3 is 2.00 bits per heavy atom. The third-order valence-corrected chi connectivity index (χ3v) is 4.11. The molecule has 1 heterocycles. The fourth-order valence-corrected chi connectivity index (χ4v) is 2.75. The molecule has 0 bridgehead atoms. The van der Waals surface area contributed by atoms with E-state index in [9.17, 15) is 0 Å². The predicted molar refractivity (Wildman–Crippen MR) is 110 cm³/mol. The summed E-state index contributed by atoms with van der Waals surface area (Å²) in [5.41, 5.74) is 6.76. The number of pyridine rings is 1. The van der Waals surface area contributed by atoms with Gasteiger partial charge in [-0.15, -0.1) is 0 Å². The highest BCUT2D eigenvalue weighted by molar-refractivity contribution is 7.80. The molecule has 3 aromatic rings. The van der Waals surface area contributed by atoms with E-state index < -0.39 is 0 Å². The zero-order chi connectivity index (χ0) is 18.2. The first-order chi connectivity index (χ1) is 12.7. The quantitative estimate of drug-likeness (QED) is 0.409. The van der Waals surface area contributed by atoms with Crippen molar-refractivity contribution in [2.45, 2.75) is 13.0 Å². The summed E-state index contributed by atoms with van der Waals surface area (Å²) in [5.74, 6) is 0. The topological polar surface area (TPSA) is 49.3 Å². The van der Waals surface area contributed by atoms with Gasteiger partial charge in [0.05, 0.1) is 17.4 Å². The lowest BCUT2D eigenvalue weighted by Crippen LogP contribution is -2.36. The zero-order valence-corrected chi connectivity index (χ0v) is 15.3. The Morgan fingerprint density at radius 2 is 1.46 bits per heavy atom. The van der Waals surface area contributed by atoms with Crippen molar-refractivity contribution in [3.63, 3.8) is 0 Å². The van der Waals surface area contributed by atoms with E-state index in [2.05, 4.69) is 45.1 Å². The summed E-state index contributed by atoms with van der Waals surface area (Å²) in [6.07, 6.45) is 1.74. The summed E-state index contributed by atoms with van der Waals surface area (Å²) in [6.45, 7) is 1.89. The van der Waals surface area contributed by atoms with Gasteiger partial charge in [-0.2, -0.15) is 5.10 Å². The predicted octanol–water partition coefficient (Wildman–Crippen LogP) is 4.06. The fourth-order valence-electron chi connectivity index (χ4n) is 2.58. The molecule has 1 aromatic heterocycles. The first-order valence-electron chi connectivity index (χ1n) is 8.36. The van der Waals surface area contributed by atoms with Crippen molar-refractivity contribution in [2.75, 3.05) is 0 Å². The lowest BCUT2D eigenvalue weighted by molar-refractivity contribution is 0.745. The molecule has 0 spiro atoms. The van der Waals surface area contributed by atoms with Gasteiger partial charge in [0.1, 0.15) is 0 Å². The van der Waals surface area contributed by atoms with Crippen LogP contribution in [0.5, 0.6) is 0 Å². The summed E-state index contributed by atoms with van der Waals surface area (Å²) < 4.78 is 0. The highest BCUT2D eigenvalue weighted by atomic mass is 32.1. The molecule has 0 fully saturated rings. The molecule has 0 unspecified atom stereocenters. The number of rotatable bonds is 5. The molecule has 0 aliphatic rings. The molecule has 4 nitrogen and oxygen atoms in total. The van der Waals surface area contributed by atoms with Gasteiger partial charge >= 0.3 is 0 Å². The molecule has 0 aliphatic carbocycles. The molecule has 0 saturated heterocycles. The average Bonchev–Trinajstić information content (AvgIpc) is 2.72. The van der Waals surface area contributed by atoms with Crippen LogP contribution >= 0.6 is 12.2 Å². The largest absolute Gasteiger partial charge is 0.350 e. The van der Waals surface area contributed by atoms with E-state index in [1.165, 1.54) is 0 Å². The van der Waals surface area contributed by atoms with Gasteiger partial charge < -0.3 is 5.32 Å². The number of thiocarbonyl (C=S) groups is 1. The number of benzene rings is 2. The van der Waals surface area contributed by atoms with Crippen LogP contribution in [0.1, 0.15) is 29.8 Å². The number of nitrogens with one attached hydrogen (secondary N) is 2. The van der Waals surface area contributed by atoms with Crippen molar-refractivity contribution in [3.05, 3.63) is 102 Å². The maximum Gasteiger partial charge on any atom is 0.187 e. The molecule has 5 heteroatoms. The summed E-state index contributed by atoms with van der Waals surface area (Å²) in [6, 6.07) is 26.1. The number of hydrogen-bond donors (Lipinski definition) is 2. The van der Waals surface area contributed by atoms with E-state index in [4.69, 9.17) is 12.2 Å². The minimum Gasteiger partial charge on any atom is -0.350 e. The first kappa shape index (κ1) is 17.8. The molecule has 0 atom stereocenters. The second-order valence-corrected chi connectivity index (χ2v) is 6.16. The van der Waals surface area contributed by atoms with Crippen molar-refractivity contribution in [3.8, 4) is 0 Å². The molecule has 130 valence electrons. The van der Waals surface area contributed by atoms with E-state index in [0.717, 1.165) is 22.5 Å². The van der Waals surface area contributed by atoms with Gasteiger partial charge in [-0.05, 0) is 42.4 Å². The average molecular weight is 360 g/mol. The lowest BCUT2D eigenvalue weighted by Gasteiger charge is -2.21. The Hall–Kier alpha value is -3.05. The van der Waals surface area contributed by atoms with Gasteiger partial charge in [0, 0.05) is 6.20 Å². The van der Waals surface area contributed by atoms with Gasteiger partial charge in [-0.3, -0.25) is 10.4 Å². The molecule has 0 saturated carbocycles. The van der Waals surface area contributed by atoms with E-state index >= 15 is 0 Å². The first-order valence-corrected chi connectivity index (χ1v) is 8.77. The van der Waals surface area contributed by atoms with Crippen LogP contribution in [0.25, 0.3) is 0 Å². The minimum absolute atomic E-state index is 0.0530. The van der Waals surface area contributed by atoms with Gasteiger partial charge in [0.15, 0.2) is 5.11 Å². The summed E-state index contributed by atoms with van der Waals surface area (Å²) in [5, 5.41) is 8.14. The third kappa shape index (κ3) is 4.74. The molecular formula is C21H20N4S. The van der Waals surface area contributed by atoms with Crippen LogP contribution < -0.4 is 10.7 Å². The molecule has 0 radical (unpaired) electrons. The van der Waals surface area contributed by atoms with E-state index in [-0.39, 0.29) is 6.04 Å². The number of aromatic nitrogens is 1. The van der Waals surface area contributed by atoms with Gasteiger partial charge in [0.25, 0.3) is 0 Å². The number of nitrogens with zero attached hydrogens (tertiary/aromatic N) is 2. The highest BCUT2D eigenvalue weighted by Crippen LogP contribution is 2.21. The standard InChI is InChI=1S/C21H20N4S/c1-16(19-14-8-9-15-22-19)24-25-21(26)23-20(17-10-4-2-5-11-17)18-12-6-3-7-13-18/h2-15,20H,1H3,(H2,23,25,26). The van der Waals surface area contributed by atoms with E-state index in [1.807, 2.05) is 61.5 Å². The summed E-state index contributed by atoms with van der Waals surface area (Å²) >= 11 is 5.45. The highest BCUT2D eigenvalue weighted by Gasteiger charge is 2.14. The van der Waals surface area contributed by atoms with Crippen LogP contribution in [0.15, 0.2) is 90.2 Å². The molecule has 3 rings (SSSR count). The normalized spacial score (nSPS) is 11.2. The summed E-state index contributed by atoms with van der Waals surface area (Å²) in [7, 11) is 0. The fraction of sp³-hybridized carbons (Fsp3) is 0.0952. The smallest absolute Gasteiger partial charge is 0.187 e. The molecule has 0 amide bonds. The second kappa shape index (κ2) is 8.87. The monoisotopic (exact) mass is 360 g/mol. The molecule has 2 aromatic carbocycles. The maximum atomic E-state index is 5.45. The number of hydrazone groups is 1. The Bertz CT molecular complexity index is 825. The molecule has 0 aliphatic heterocycles. The van der Waals surface area contributed by atoms with Crippen LogP contribution in [0.3, 0.4) is 0 Å². The van der Waals surface area contributed by atoms with Crippen molar-refractivity contribution in [1.82, 2.24) is 15.7 Å². The van der Waals surface area contributed by atoms with Crippen LogP contribution in [-0.4, -0.2) is 15.8 Å². The van der Waals surface area contributed by atoms with Crippen molar-refractivity contribution >= 4 is 23.0 Å². The van der Waals surface area contributed by atoms with Crippen LogP contribution in [-0.2, 0) is 0 Å². The van der Waals surface area contributed by atoms with E-state index in [1.54, 1.807) is 6.20 Å². The van der Waals surface area contributed by atoms with Crippen LogP contribution in [0, 0.1) is 0 Å². The number of hydrogen-bond acceptors (Lipinski definition) is 3. The Morgan fingerprint density at radius 1 is 0.885 bits per heavy atom. The molecular weight excluding hydrogens is 340 g/mol. The SMILES string of the molecule is CC(=NNC(=S)NC(c1ccccc1)c1ccccc1)c1ccccn1. The molecule has 2 N–H and O–H groups in total. The van der Waals surface area contributed by atoms with Gasteiger partial charge in [0.2, 0.25) is 0 Å². The van der Waals surface area contributed by atoms with Crippen LogP contribution in [0.2, 0.25) is 0 Å². The van der Waals surface area contributed by atoms with Gasteiger partial charge in [-0.25, -0.2) is 0 Å². The molecule has 26 heavy (non-hydrogen) atoms. The van der Waals surface area contributed by atoms with Gasteiger partial charge in [-0.1, -0.05) is 66.7 Å². The Labute approximate surface area is 159 Å². The summed E-state index contributed by atoms with van der Waals surface area (Å²) in [4.78, 5) is 4.28. The Balaban J connectivity index is 1.74. The third-order valence-electron chi connectivity index (χ3n) is 3.90. The Kier molecular flexibility index (Phi) is 6.06. The minimum atomic E-state index is -0.0530. The van der Waals surface area contributed by atoms with E-state index in [0.29, 0.717) is 5.11 Å². The maximum absolute atomic E-state index is 5.45. The lowest BCUT2D eigenvalue weighted by atomic mass is 9.99. The van der Waals surface area contributed by atoms with Crippen molar-refractivity contribution in [2.24, 2.45) is 5.10 Å². The second-order valence-electron chi connectivity index (χ2n) is 5.75. The van der Waals surface area contributed by atoms with Crippen molar-refractivity contribution in [1.29, 1.82) is 0 Å². The van der Waals surface area contributed by atoms with Crippen molar-refractivity contribution < 1.29 is 0 Å². The van der Waals surface area contributed by atoms with Crippen LogP contribution in [0.4, 0.5) is 0 Å².